The quantitative estimate of drug-likeness (QED) is 0.628. The monoisotopic (exact) mass is 245 g/mol. The Kier molecular flexibility index (Phi) is 5.62. The van der Waals surface area contributed by atoms with E-state index in [2.05, 4.69) is 10.6 Å². The number of nitrogens with two attached hydrogens (primary N) is 1. The molecule has 1 unspecified atom stereocenters. The Hall–Kier alpha value is -0.750. The Labute approximate surface area is 99.9 Å². The molecular formula is C10H19N3O2S. The number of hydrogen-bond acceptors (Lipinski definition) is 4. The van der Waals surface area contributed by atoms with Gasteiger partial charge in [0.1, 0.15) is 0 Å². The van der Waals surface area contributed by atoms with Crippen molar-refractivity contribution in [3.05, 3.63) is 0 Å². The molecule has 1 fully saturated rings. The molecule has 1 rings (SSSR count). The minimum absolute atomic E-state index is 0.243. The Bertz CT molecular complexity index is 256. The number of urea groups is 1. The number of amides is 3. The molecule has 1 aliphatic carbocycles. The minimum atomic E-state index is -0.375. The smallest absolute Gasteiger partial charge is 0.321 e. The van der Waals surface area contributed by atoms with E-state index in [0.29, 0.717) is 18.2 Å². The molecule has 4 N–H and O–H groups in total. The minimum Gasteiger partial charge on any atom is -0.335 e. The van der Waals surface area contributed by atoms with Crippen LogP contribution >= 0.6 is 11.8 Å². The molecule has 0 heterocycles. The molecule has 1 saturated carbocycles. The van der Waals surface area contributed by atoms with E-state index in [1.165, 1.54) is 11.8 Å². The number of hydrogen-bond donors (Lipinski definition) is 3. The van der Waals surface area contributed by atoms with Gasteiger partial charge in [0.25, 0.3) is 0 Å². The van der Waals surface area contributed by atoms with Crippen molar-refractivity contribution in [2.45, 2.75) is 25.8 Å². The van der Waals surface area contributed by atoms with Gasteiger partial charge in [-0.2, -0.15) is 11.8 Å². The van der Waals surface area contributed by atoms with Gasteiger partial charge in [-0.3, -0.25) is 10.1 Å². The second-order valence-corrected chi connectivity index (χ2v) is 5.18. The van der Waals surface area contributed by atoms with Crippen LogP contribution < -0.4 is 16.4 Å². The average Bonchev–Trinajstić information content (AvgIpc) is 3.01. The number of nitrogens with one attached hydrogen (secondary N) is 2. The number of carbonyl (C=O) groups excluding carboxylic acids is 2. The fourth-order valence-electron chi connectivity index (χ4n) is 1.03. The predicted octanol–water partition coefficient (Wildman–Crippen LogP) is 0.303. The summed E-state index contributed by atoms with van der Waals surface area (Å²) >= 11 is 1.50. The Morgan fingerprint density at radius 1 is 1.50 bits per heavy atom. The normalized spacial score (nSPS) is 16.6. The summed E-state index contributed by atoms with van der Waals surface area (Å²) in [6.45, 7) is 2.65. The van der Waals surface area contributed by atoms with Crippen molar-refractivity contribution in [3.8, 4) is 0 Å². The van der Waals surface area contributed by atoms with Crippen LogP contribution in [0.5, 0.6) is 0 Å². The zero-order chi connectivity index (χ0) is 12.0. The van der Waals surface area contributed by atoms with Crippen LogP contribution in [0, 0.1) is 5.92 Å². The van der Waals surface area contributed by atoms with E-state index < -0.39 is 0 Å². The standard InChI is InChI=1S/C10H19N3O2S/c1-7(4-11)5-16-6-9(14)13-10(15)12-8-2-3-8/h7-8H,2-6,11H2,1H3,(H2,12,13,14,15). The molecule has 0 spiro atoms. The van der Waals surface area contributed by atoms with Crippen LogP contribution in [0.3, 0.4) is 0 Å². The Morgan fingerprint density at radius 3 is 2.75 bits per heavy atom. The second-order valence-electron chi connectivity index (χ2n) is 4.15. The molecule has 0 bridgehead atoms. The van der Waals surface area contributed by atoms with Gasteiger partial charge in [0.15, 0.2) is 0 Å². The average molecular weight is 245 g/mol. The van der Waals surface area contributed by atoms with Crippen molar-refractivity contribution < 1.29 is 9.59 Å². The number of imide groups is 1. The first-order valence-electron chi connectivity index (χ1n) is 5.50. The number of carbonyl (C=O) groups is 2. The topological polar surface area (TPSA) is 84.2 Å². The van der Waals surface area contributed by atoms with E-state index >= 15 is 0 Å². The summed E-state index contributed by atoms with van der Waals surface area (Å²) in [6, 6.07) is -0.0994. The van der Waals surface area contributed by atoms with E-state index in [0.717, 1.165) is 18.6 Å². The zero-order valence-corrected chi connectivity index (χ0v) is 10.3. The third-order valence-electron chi connectivity index (χ3n) is 2.20. The van der Waals surface area contributed by atoms with Crippen molar-refractivity contribution in [3.63, 3.8) is 0 Å². The molecule has 0 saturated heterocycles. The van der Waals surface area contributed by atoms with Gasteiger partial charge < -0.3 is 11.1 Å². The second kappa shape index (κ2) is 6.75. The first kappa shape index (κ1) is 13.3. The summed E-state index contributed by atoms with van der Waals surface area (Å²) in [6.07, 6.45) is 2.04. The Morgan fingerprint density at radius 2 is 2.19 bits per heavy atom. The Balaban J connectivity index is 2.03. The molecule has 6 heteroatoms. The van der Waals surface area contributed by atoms with Gasteiger partial charge in [-0.05, 0) is 31.1 Å². The van der Waals surface area contributed by atoms with Crippen molar-refractivity contribution in [2.24, 2.45) is 11.7 Å². The first-order valence-corrected chi connectivity index (χ1v) is 6.65. The summed E-state index contributed by atoms with van der Waals surface area (Å²) < 4.78 is 0. The van der Waals surface area contributed by atoms with Crippen molar-refractivity contribution in [1.82, 2.24) is 10.6 Å². The van der Waals surface area contributed by atoms with Gasteiger partial charge in [0.2, 0.25) is 5.91 Å². The summed E-state index contributed by atoms with van der Waals surface area (Å²) in [5.41, 5.74) is 5.45. The number of rotatable bonds is 6. The van der Waals surface area contributed by atoms with Gasteiger partial charge in [-0.1, -0.05) is 6.92 Å². The van der Waals surface area contributed by atoms with Gasteiger partial charge in [0.05, 0.1) is 5.75 Å². The van der Waals surface area contributed by atoms with Crippen molar-refractivity contribution >= 4 is 23.7 Å². The highest BCUT2D eigenvalue weighted by atomic mass is 32.2. The van der Waals surface area contributed by atoms with Gasteiger partial charge >= 0.3 is 6.03 Å². The molecule has 1 atom stereocenters. The molecule has 3 amide bonds. The summed E-state index contributed by atoms with van der Waals surface area (Å²) in [5, 5.41) is 5.00. The van der Waals surface area contributed by atoms with Gasteiger partial charge in [-0.25, -0.2) is 4.79 Å². The molecule has 5 nitrogen and oxygen atoms in total. The molecule has 0 aliphatic heterocycles. The van der Waals surface area contributed by atoms with Crippen LogP contribution in [0.2, 0.25) is 0 Å². The third-order valence-corrected chi connectivity index (χ3v) is 3.47. The molecular weight excluding hydrogens is 226 g/mol. The van der Waals surface area contributed by atoms with Crippen LogP contribution in [0.4, 0.5) is 4.79 Å². The fraction of sp³-hybridized carbons (Fsp3) is 0.800. The van der Waals surface area contributed by atoms with Crippen LogP contribution in [0.1, 0.15) is 19.8 Å². The zero-order valence-electron chi connectivity index (χ0n) is 9.49. The van der Waals surface area contributed by atoms with E-state index in [1.807, 2.05) is 6.92 Å². The largest absolute Gasteiger partial charge is 0.335 e. The predicted molar refractivity (Wildman–Crippen MR) is 65.2 cm³/mol. The van der Waals surface area contributed by atoms with Crippen LogP contribution in [-0.2, 0) is 4.79 Å². The first-order chi connectivity index (χ1) is 7.61. The van der Waals surface area contributed by atoms with E-state index in [9.17, 15) is 9.59 Å². The molecule has 0 radical (unpaired) electrons. The van der Waals surface area contributed by atoms with Crippen molar-refractivity contribution in [1.29, 1.82) is 0 Å². The lowest BCUT2D eigenvalue weighted by molar-refractivity contribution is -0.117. The maximum absolute atomic E-state index is 11.3. The lowest BCUT2D eigenvalue weighted by atomic mass is 10.2. The lowest BCUT2D eigenvalue weighted by Crippen LogP contribution is -2.41. The van der Waals surface area contributed by atoms with E-state index in [1.54, 1.807) is 0 Å². The SMILES string of the molecule is CC(CN)CSCC(=O)NC(=O)NC1CC1. The highest BCUT2D eigenvalue weighted by Crippen LogP contribution is 2.18. The van der Waals surface area contributed by atoms with Gasteiger partial charge in [0, 0.05) is 6.04 Å². The van der Waals surface area contributed by atoms with E-state index in [4.69, 9.17) is 5.73 Å². The lowest BCUT2D eigenvalue weighted by Gasteiger charge is -2.08. The maximum atomic E-state index is 11.3. The van der Waals surface area contributed by atoms with Crippen molar-refractivity contribution in [2.75, 3.05) is 18.1 Å². The molecule has 16 heavy (non-hydrogen) atoms. The highest BCUT2D eigenvalue weighted by Gasteiger charge is 2.23. The molecule has 1 aliphatic rings. The fourth-order valence-corrected chi connectivity index (χ4v) is 1.95. The number of thioether (sulfide) groups is 1. The summed E-state index contributed by atoms with van der Waals surface area (Å²) in [7, 11) is 0. The summed E-state index contributed by atoms with van der Waals surface area (Å²) in [4.78, 5) is 22.5. The molecule has 0 aromatic carbocycles. The summed E-state index contributed by atoms with van der Waals surface area (Å²) in [5.74, 6) is 1.31. The van der Waals surface area contributed by atoms with E-state index in [-0.39, 0.29) is 18.0 Å². The third kappa shape index (κ3) is 5.97. The maximum Gasteiger partial charge on any atom is 0.321 e. The van der Waals surface area contributed by atoms with Gasteiger partial charge in [-0.15, -0.1) is 0 Å². The molecule has 0 aromatic heterocycles. The van der Waals surface area contributed by atoms with Crippen LogP contribution in [-0.4, -0.2) is 36.0 Å². The van der Waals surface area contributed by atoms with Crippen LogP contribution in [0.15, 0.2) is 0 Å². The highest BCUT2D eigenvalue weighted by molar-refractivity contribution is 7.99. The van der Waals surface area contributed by atoms with Crippen LogP contribution in [0.25, 0.3) is 0 Å². The molecule has 0 aromatic rings. The molecule has 92 valence electrons.